The Morgan fingerprint density at radius 3 is 2.56 bits per heavy atom. The topological polar surface area (TPSA) is 84.6 Å². The van der Waals surface area contributed by atoms with Crippen LogP contribution in [0.15, 0.2) is 29.3 Å². The van der Waals surface area contributed by atoms with Crippen LogP contribution in [0.5, 0.6) is 0 Å². The number of hydrogen-bond acceptors (Lipinski definition) is 3. The molecule has 0 saturated carbocycles. The number of aryl methyl sites for hydroxylation is 1. The first kappa shape index (κ1) is 12.4. The third-order valence-electron chi connectivity index (χ3n) is 2.92. The minimum Gasteiger partial charge on any atom is -0.322 e. The van der Waals surface area contributed by atoms with Crippen molar-refractivity contribution in [1.82, 2.24) is 5.32 Å². The Morgan fingerprint density at radius 2 is 2.00 bits per heavy atom. The molecule has 0 aliphatic carbocycles. The van der Waals surface area contributed by atoms with Crippen LogP contribution in [0.3, 0.4) is 0 Å². The average Bonchev–Trinajstić information content (AvgIpc) is 2.30. The van der Waals surface area contributed by atoms with Crippen LogP contribution >= 0.6 is 0 Å². The molecule has 2 amide bonds. The summed E-state index contributed by atoms with van der Waals surface area (Å²) in [5, 5.41) is 2.59. The first-order valence-electron chi connectivity index (χ1n) is 5.75. The van der Waals surface area contributed by atoms with Crippen molar-refractivity contribution in [2.75, 3.05) is 0 Å². The van der Waals surface area contributed by atoms with Crippen LogP contribution in [-0.2, 0) is 9.59 Å². The zero-order valence-corrected chi connectivity index (χ0v) is 10.3. The van der Waals surface area contributed by atoms with Gasteiger partial charge in [0, 0.05) is 0 Å². The molecule has 1 aromatic carbocycles. The normalized spacial score (nSPS) is 21.3. The second kappa shape index (κ2) is 4.70. The van der Waals surface area contributed by atoms with Gasteiger partial charge in [0.05, 0.1) is 6.04 Å². The molecule has 5 nitrogen and oxygen atoms in total. The molecular formula is C13H15N3O2. The zero-order chi connectivity index (χ0) is 13.3. The summed E-state index contributed by atoms with van der Waals surface area (Å²) in [5.41, 5.74) is 7.19. The number of carbonyl (C=O) groups is 2. The minimum absolute atomic E-state index is 0.231. The van der Waals surface area contributed by atoms with Crippen LogP contribution in [0, 0.1) is 6.92 Å². The van der Waals surface area contributed by atoms with Crippen molar-refractivity contribution in [3.8, 4) is 0 Å². The van der Waals surface area contributed by atoms with E-state index in [0.29, 0.717) is 5.56 Å². The van der Waals surface area contributed by atoms with E-state index < -0.39 is 17.9 Å². The summed E-state index contributed by atoms with van der Waals surface area (Å²) >= 11 is 0. The van der Waals surface area contributed by atoms with E-state index in [1.807, 2.05) is 19.1 Å². The van der Waals surface area contributed by atoms with E-state index in [0.717, 1.165) is 5.56 Å². The fourth-order valence-corrected chi connectivity index (χ4v) is 1.92. The average molecular weight is 245 g/mol. The number of aliphatic imine (C=N–C) groups is 1. The molecule has 1 heterocycles. The summed E-state index contributed by atoms with van der Waals surface area (Å²) < 4.78 is 0. The van der Waals surface area contributed by atoms with Crippen molar-refractivity contribution in [3.63, 3.8) is 0 Å². The summed E-state index contributed by atoms with van der Waals surface area (Å²) in [7, 11) is 0. The Hall–Kier alpha value is -2.01. The fraction of sp³-hybridized carbons (Fsp3) is 0.308. The fourth-order valence-electron chi connectivity index (χ4n) is 1.92. The first-order chi connectivity index (χ1) is 8.50. The molecule has 18 heavy (non-hydrogen) atoms. The first-order valence-corrected chi connectivity index (χ1v) is 5.75. The molecule has 1 aliphatic rings. The lowest BCUT2D eigenvalue weighted by atomic mass is 9.92. The van der Waals surface area contributed by atoms with Gasteiger partial charge in [0.2, 0.25) is 5.91 Å². The van der Waals surface area contributed by atoms with Gasteiger partial charge in [-0.3, -0.25) is 9.59 Å². The Labute approximate surface area is 105 Å². The molecule has 0 spiro atoms. The van der Waals surface area contributed by atoms with Gasteiger partial charge in [0.1, 0.15) is 11.8 Å². The molecular weight excluding hydrogens is 230 g/mol. The van der Waals surface area contributed by atoms with Crippen LogP contribution in [0.2, 0.25) is 0 Å². The maximum absolute atomic E-state index is 12.0. The minimum atomic E-state index is -0.867. The van der Waals surface area contributed by atoms with Crippen LogP contribution in [-0.4, -0.2) is 23.7 Å². The smallest absolute Gasteiger partial charge is 0.264 e. The van der Waals surface area contributed by atoms with E-state index in [-0.39, 0.29) is 11.7 Å². The van der Waals surface area contributed by atoms with Crippen molar-refractivity contribution in [3.05, 3.63) is 35.4 Å². The van der Waals surface area contributed by atoms with Crippen LogP contribution in [0.4, 0.5) is 0 Å². The van der Waals surface area contributed by atoms with Crippen LogP contribution < -0.4 is 11.1 Å². The Bertz CT molecular complexity index is 535. The highest BCUT2D eigenvalue weighted by Crippen LogP contribution is 2.23. The lowest BCUT2D eigenvalue weighted by molar-refractivity contribution is -0.129. The molecule has 0 fully saturated rings. The van der Waals surface area contributed by atoms with E-state index >= 15 is 0 Å². The standard InChI is InChI=1S/C13H15N3O2/c1-7-5-3-4-6-9(7)10-12(17)15-11(8(2)14)16-13(10)18/h3-6,8,10H,14H2,1-2H3,(H,15,16,17,18). The maximum atomic E-state index is 12.0. The molecule has 2 rings (SSSR count). The van der Waals surface area contributed by atoms with Gasteiger partial charge in [-0.25, -0.2) is 0 Å². The molecule has 0 aromatic heterocycles. The lowest BCUT2D eigenvalue weighted by Crippen LogP contribution is -2.49. The highest BCUT2D eigenvalue weighted by atomic mass is 16.2. The van der Waals surface area contributed by atoms with Crippen molar-refractivity contribution in [2.24, 2.45) is 10.7 Å². The van der Waals surface area contributed by atoms with Gasteiger partial charge in [-0.05, 0) is 25.0 Å². The monoisotopic (exact) mass is 245 g/mol. The number of amides is 2. The summed E-state index contributed by atoms with van der Waals surface area (Å²) in [6.45, 7) is 3.53. The van der Waals surface area contributed by atoms with Crippen molar-refractivity contribution >= 4 is 17.6 Å². The van der Waals surface area contributed by atoms with Gasteiger partial charge in [-0.2, -0.15) is 4.99 Å². The van der Waals surface area contributed by atoms with Crippen molar-refractivity contribution < 1.29 is 9.59 Å². The Kier molecular flexibility index (Phi) is 3.25. The van der Waals surface area contributed by atoms with Gasteiger partial charge in [-0.1, -0.05) is 24.3 Å². The van der Waals surface area contributed by atoms with Gasteiger partial charge >= 0.3 is 0 Å². The number of nitrogens with one attached hydrogen (secondary N) is 1. The molecule has 2 atom stereocenters. The van der Waals surface area contributed by atoms with E-state index in [2.05, 4.69) is 10.3 Å². The van der Waals surface area contributed by atoms with Gasteiger partial charge < -0.3 is 11.1 Å². The summed E-state index contributed by atoms with van der Waals surface area (Å²) in [4.78, 5) is 27.8. The summed E-state index contributed by atoms with van der Waals surface area (Å²) in [5.74, 6) is -1.46. The van der Waals surface area contributed by atoms with E-state index in [4.69, 9.17) is 5.73 Å². The molecule has 0 bridgehead atoms. The quantitative estimate of drug-likeness (QED) is 0.743. The molecule has 94 valence electrons. The lowest BCUT2D eigenvalue weighted by Gasteiger charge is -2.23. The van der Waals surface area contributed by atoms with E-state index in [1.54, 1.807) is 19.1 Å². The van der Waals surface area contributed by atoms with Gasteiger partial charge in [-0.15, -0.1) is 0 Å². The van der Waals surface area contributed by atoms with Crippen molar-refractivity contribution in [2.45, 2.75) is 25.8 Å². The van der Waals surface area contributed by atoms with Gasteiger partial charge in [0.25, 0.3) is 5.91 Å². The number of nitrogens with two attached hydrogens (primary N) is 1. The number of rotatable bonds is 2. The third-order valence-corrected chi connectivity index (χ3v) is 2.92. The van der Waals surface area contributed by atoms with Crippen molar-refractivity contribution in [1.29, 1.82) is 0 Å². The predicted octanol–water partition coefficient (Wildman–Crippen LogP) is 0.481. The second-order valence-electron chi connectivity index (χ2n) is 4.40. The maximum Gasteiger partial charge on any atom is 0.264 e. The number of amidine groups is 1. The molecule has 1 aliphatic heterocycles. The SMILES string of the molecule is Cc1ccccc1C1C(=O)N=C(C(C)N)NC1=O. The predicted molar refractivity (Wildman–Crippen MR) is 68.2 cm³/mol. The number of hydrogen-bond donors (Lipinski definition) is 2. The van der Waals surface area contributed by atoms with E-state index in [1.165, 1.54) is 0 Å². The summed E-state index contributed by atoms with van der Waals surface area (Å²) in [6, 6.07) is 6.83. The molecule has 2 unspecified atom stereocenters. The Balaban J connectivity index is 2.40. The highest BCUT2D eigenvalue weighted by Gasteiger charge is 2.34. The van der Waals surface area contributed by atoms with Crippen LogP contribution in [0.25, 0.3) is 0 Å². The molecule has 0 radical (unpaired) electrons. The molecule has 3 N–H and O–H groups in total. The number of benzene rings is 1. The van der Waals surface area contributed by atoms with Gasteiger partial charge in [0.15, 0.2) is 0 Å². The molecule has 5 heteroatoms. The number of nitrogens with zero attached hydrogens (tertiary/aromatic N) is 1. The molecule has 1 aromatic rings. The summed E-state index contributed by atoms with van der Waals surface area (Å²) in [6.07, 6.45) is 0. The van der Waals surface area contributed by atoms with Crippen LogP contribution in [0.1, 0.15) is 24.0 Å². The molecule has 0 saturated heterocycles. The third kappa shape index (κ3) is 2.17. The second-order valence-corrected chi connectivity index (χ2v) is 4.40. The highest BCUT2D eigenvalue weighted by molar-refractivity contribution is 6.20. The largest absolute Gasteiger partial charge is 0.322 e. The van der Waals surface area contributed by atoms with E-state index in [9.17, 15) is 9.59 Å². The number of carbonyl (C=O) groups excluding carboxylic acids is 2. The Morgan fingerprint density at radius 1 is 1.33 bits per heavy atom. The zero-order valence-electron chi connectivity index (χ0n) is 10.3.